The van der Waals surface area contributed by atoms with Crippen molar-refractivity contribution in [3.63, 3.8) is 0 Å². The Morgan fingerprint density at radius 3 is 2.53 bits per heavy atom. The molecule has 0 spiro atoms. The average molecular weight is 416 g/mol. The van der Waals surface area contributed by atoms with Crippen molar-refractivity contribution in [2.75, 3.05) is 26.2 Å². The van der Waals surface area contributed by atoms with Crippen LogP contribution in [0, 0.1) is 5.82 Å². The minimum absolute atomic E-state index is 0.00327. The number of rotatable bonds is 5. The molecule has 162 valence electrons. The number of hydrogen-bond donors (Lipinski definition) is 1. The van der Waals surface area contributed by atoms with Gasteiger partial charge in [-0.2, -0.15) is 0 Å². The molecule has 7 heteroatoms. The zero-order valence-electron chi connectivity index (χ0n) is 17.6. The maximum Gasteiger partial charge on any atom is 0.255 e. The van der Waals surface area contributed by atoms with Crippen LogP contribution in [-0.4, -0.2) is 63.7 Å². The van der Waals surface area contributed by atoms with E-state index >= 15 is 0 Å². The fourth-order valence-corrected chi connectivity index (χ4v) is 4.66. The molecule has 1 saturated heterocycles. The number of fused-ring (bicyclic) bond motifs is 1. The highest BCUT2D eigenvalue weighted by atomic mass is 19.1. The number of nitrogens with zero attached hydrogens (tertiary/aromatic N) is 3. The Labute approximate surface area is 176 Å². The number of aryl methyl sites for hydroxylation is 1. The van der Waals surface area contributed by atoms with Gasteiger partial charge in [0.15, 0.2) is 0 Å². The summed E-state index contributed by atoms with van der Waals surface area (Å²) in [5.41, 5.74) is 1.31. The lowest BCUT2D eigenvalue weighted by Crippen LogP contribution is -2.51. The molecule has 0 aliphatic carbocycles. The predicted molar refractivity (Wildman–Crippen MR) is 112 cm³/mol. The largest absolute Gasteiger partial charge is 0.490 e. The molecule has 0 saturated carbocycles. The van der Waals surface area contributed by atoms with Gasteiger partial charge in [0, 0.05) is 39.4 Å². The fourth-order valence-electron chi connectivity index (χ4n) is 4.66. The lowest BCUT2D eigenvalue weighted by Gasteiger charge is -2.40. The third-order valence-corrected chi connectivity index (χ3v) is 6.25. The first-order valence-electron chi connectivity index (χ1n) is 10.8. The van der Waals surface area contributed by atoms with Crippen molar-refractivity contribution in [1.82, 2.24) is 14.4 Å². The van der Waals surface area contributed by atoms with Crippen molar-refractivity contribution in [3.05, 3.63) is 53.6 Å². The number of carbonyl (C=O) groups excluding carboxylic acids is 1. The van der Waals surface area contributed by atoms with E-state index in [2.05, 4.69) is 11.8 Å². The van der Waals surface area contributed by atoms with E-state index in [9.17, 15) is 14.3 Å². The SMILES string of the molecule is CCCN1CC(N2CCC(Oc3ccc(F)cc3)CC2)C(O)c2c(ccn2C)C1=O. The molecule has 2 atom stereocenters. The summed E-state index contributed by atoms with van der Waals surface area (Å²) in [7, 11) is 1.88. The smallest absolute Gasteiger partial charge is 0.255 e. The van der Waals surface area contributed by atoms with E-state index in [0.717, 1.165) is 32.4 Å². The van der Waals surface area contributed by atoms with Crippen LogP contribution in [0.5, 0.6) is 5.75 Å². The molecular formula is C23H30FN3O3. The molecule has 2 aromatic rings. The second kappa shape index (κ2) is 8.78. The van der Waals surface area contributed by atoms with Gasteiger partial charge in [0.25, 0.3) is 5.91 Å². The van der Waals surface area contributed by atoms with E-state index in [-0.39, 0.29) is 23.9 Å². The van der Waals surface area contributed by atoms with Crippen LogP contribution in [0.15, 0.2) is 36.5 Å². The third kappa shape index (κ3) is 4.09. The van der Waals surface area contributed by atoms with Gasteiger partial charge in [0.05, 0.1) is 17.3 Å². The van der Waals surface area contributed by atoms with Crippen molar-refractivity contribution in [3.8, 4) is 5.75 Å². The number of halogens is 1. The van der Waals surface area contributed by atoms with Crippen molar-refractivity contribution in [2.45, 2.75) is 44.4 Å². The Hall–Kier alpha value is -2.38. The Morgan fingerprint density at radius 1 is 1.17 bits per heavy atom. The minimum Gasteiger partial charge on any atom is -0.490 e. The number of ether oxygens (including phenoxy) is 1. The number of benzene rings is 1. The van der Waals surface area contributed by atoms with E-state index in [1.165, 1.54) is 12.1 Å². The zero-order chi connectivity index (χ0) is 21.3. The van der Waals surface area contributed by atoms with Gasteiger partial charge in [-0.25, -0.2) is 4.39 Å². The highest BCUT2D eigenvalue weighted by molar-refractivity contribution is 5.96. The molecule has 1 aromatic carbocycles. The lowest BCUT2D eigenvalue weighted by atomic mass is 10.00. The number of aliphatic hydroxyl groups excluding tert-OH is 1. The quantitative estimate of drug-likeness (QED) is 0.816. The summed E-state index contributed by atoms with van der Waals surface area (Å²) in [6.45, 7) is 4.82. The van der Waals surface area contributed by atoms with E-state index in [4.69, 9.17) is 4.74 Å². The van der Waals surface area contributed by atoms with Crippen LogP contribution in [-0.2, 0) is 7.05 Å². The first-order valence-corrected chi connectivity index (χ1v) is 10.8. The predicted octanol–water partition coefficient (Wildman–Crippen LogP) is 2.98. The minimum atomic E-state index is -0.722. The van der Waals surface area contributed by atoms with Crippen molar-refractivity contribution < 1.29 is 19.0 Å². The highest BCUT2D eigenvalue weighted by Gasteiger charge is 2.39. The molecule has 1 aromatic heterocycles. The van der Waals surface area contributed by atoms with Crippen LogP contribution in [0.3, 0.4) is 0 Å². The molecule has 6 nitrogen and oxygen atoms in total. The molecule has 1 fully saturated rings. The Kier molecular flexibility index (Phi) is 6.11. The van der Waals surface area contributed by atoms with Gasteiger partial charge in [-0.05, 0) is 49.6 Å². The number of amides is 1. The summed E-state index contributed by atoms with van der Waals surface area (Å²) in [6, 6.07) is 7.78. The third-order valence-electron chi connectivity index (χ3n) is 6.25. The lowest BCUT2D eigenvalue weighted by molar-refractivity contribution is -0.000114. The Bertz CT molecular complexity index is 874. The van der Waals surface area contributed by atoms with Crippen LogP contribution >= 0.6 is 0 Å². The van der Waals surface area contributed by atoms with Gasteiger partial charge in [-0.15, -0.1) is 0 Å². The van der Waals surface area contributed by atoms with Gasteiger partial charge in [0.2, 0.25) is 0 Å². The Balaban J connectivity index is 1.47. The second-order valence-electron chi connectivity index (χ2n) is 8.30. The van der Waals surface area contributed by atoms with Gasteiger partial charge < -0.3 is 19.3 Å². The summed E-state index contributed by atoms with van der Waals surface area (Å²) in [4.78, 5) is 17.2. The summed E-state index contributed by atoms with van der Waals surface area (Å²) in [6.07, 6.45) is 3.71. The van der Waals surface area contributed by atoms with Crippen LogP contribution in [0.1, 0.15) is 48.3 Å². The van der Waals surface area contributed by atoms with Crippen molar-refractivity contribution in [1.29, 1.82) is 0 Å². The summed E-state index contributed by atoms with van der Waals surface area (Å²) in [5.74, 6) is 0.409. The first-order chi connectivity index (χ1) is 14.5. The fraction of sp³-hybridized carbons (Fsp3) is 0.522. The summed E-state index contributed by atoms with van der Waals surface area (Å²) < 4.78 is 21.0. The number of carbonyl (C=O) groups is 1. The number of aromatic nitrogens is 1. The normalized spacial score (nSPS) is 23.3. The standard InChI is InChI=1S/C23H30FN3O3/c1-3-11-27-15-20(22(28)21-19(23(27)29)10-12-25(21)2)26-13-8-18(9-14-26)30-17-6-4-16(24)5-7-17/h4-7,10,12,18,20,22,28H,3,8-9,11,13-15H2,1-2H3. The van der Waals surface area contributed by atoms with Crippen LogP contribution in [0.4, 0.5) is 4.39 Å². The van der Waals surface area contributed by atoms with E-state index in [0.29, 0.717) is 30.1 Å². The van der Waals surface area contributed by atoms with Gasteiger partial charge in [0.1, 0.15) is 23.8 Å². The molecule has 0 bridgehead atoms. The summed E-state index contributed by atoms with van der Waals surface area (Å²) >= 11 is 0. The van der Waals surface area contributed by atoms with Gasteiger partial charge in [-0.3, -0.25) is 9.69 Å². The molecule has 1 N–H and O–H groups in total. The molecule has 4 rings (SSSR count). The molecule has 0 radical (unpaired) electrons. The maximum absolute atomic E-state index is 13.1. The average Bonchev–Trinajstić information content (AvgIpc) is 3.09. The van der Waals surface area contributed by atoms with Crippen molar-refractivity contribution in [2.24, 2.45) is 7.05 Å². The number of aliphatic hydroxyl groups is 1. The van der Waals surface area contributed by atoms with Crippen LogP contribution in [0.25, 0.3) is 0 Å². The van der Waals surface area contributed by atoms with E-state index < -0.39 is 6.10 Å². The zero-order valence-corrected chi connectivity index (χ0v) is 17.6. The van der Waals surface area contributed by atoms with Gasteiger partial charge >= 0.3 is 0 Å². The number of hydrogen-bond acceptors (Lipinski definition) is 4. The molecule has 2 aliphatic heterocycles. The maximum atomic E-state index is 13.1. The monoisotopic (exact) mass is 415 g/mol. The molecule has 2 aliphatic rings. The van der Waals surface area contributed by atoms with Crippen LogP contribution < -0.4 is 4.74 Å². The number of likely N-dealkylation sites (tertiary alicyclic amines) is 1. The molecular weight excluding hydrogens is 385 g/mol. The second-order valence-corrected chi connectivity index (χ2v) is 8.30. The van der Waals surface area contributed by atoms with Gasteiger partial charge in [-0.1, -0.05) is 6.92 Å². The first kappa shape index (κ1) is 20.9. The summed E-state index contributed by atoms with van der Waals surface area (Å²) in [5, 5.41) is 11.2. The Morgan fingerprint density at radius 2 is 1.87 bits per heavy atom. The molecule has 2 unspecified atom stereocenters. The topological polar surface area (TPSA) is 57.9 Å². The van der Waals surface area contributed by atoms with Crippen LogP contribution in [0.2, 0.25) is 0 Å². The number of piperidine rings is 1. The van der Waals surface area contributed by atoms with E-state index in [1.54, 1.807) is 12.1 Å². The van der Waals surface area contributed by atoms with Crippen molar-refractivity contribution >= 4 is 5.91 Å². The van der Waals surface area contributed by atoms with E-state index in [1.807, 2.05) is 28.8 Å². The highest BCUT2D eigenvalue weighted by Crippen LogP contribution is 2.32. The molecule has 30 heavy (non-hydrogen) atoms. The molecule has 1 amide bonds. The molecule has 3 heterocycles.